The Bertz CT molecular complexity index is 837. The van der Waals surface area contributed by atoms with Crippen molar-refractivity contribution in [3.05, 3.63) is 54.9 Å². The van der Waals surface area contributed by atoms with Crippen LogP contribution in [0, 0.1) is 11.8 Å². The summed E-state index contributed by atoms with van der Waals surface area (Å²) in [4.78, 5) is 17.0. The second-order valence-corrected chi connectivity index (χ2v) is 8.08. The lowest BCUT2D eigenvalue weighted by Crippen LogP contribution is -2.58. The molecule has 3 aliphatic heterocycles. The van der Waals surface area contributed by atoms with Crippen LogP contribution in [0.15, 0.2) is 49.2 Å². The zero-order valence-electron chi connectivity index (χ0n) is 17.0. The number of benzene rings is 1. The number of carbonyl (C=O) groups excluding carboxylic acids is 1. The third kappa shape index (κ3) is 4.50. The van der Waals surface area contributed by atoms with Crippen molar-refractivity contribution >= 4 is 5.91 Å². The van der Waals surface area contributed by atoms with E-state index < -0.39 is 0 Å². The van der Waals surface area contributed by atoms with Gasteiger partial charge in [0.05, 0.1) is 18.7 Å². The average Bonchev–Trinajstić information content (AvgIpc) is 3.20. The molecule has 0 N–H and O–H groups in total. The van der Waals surface area contributed by atoms with Crippen LogP contribution >= 0.6 is 0 Å². The predicted molar refractivity (Wildman–Crippen MR) is 110 cm³/mol. The minimum Gasteiger partial charge on any atom is -0.487 e. The van der Waals surface area contributed by atoms with Crippen LogP contribution < -0.4 is 4.74 Å². The van der Waals surface area contributed by atoms with E-state index in [1.54, 1.807) is 11.0 Å². The van der Waals surface area contributed by atoms with E-state index in [2.05, 4.69) is 21.8 Å². The molecule has 3 aliphatic rings. The Kier molecular flexibility index (Phi) is 5.94. The Balaban J connectivity index is 1.32. The molecule has 5 rings (SSSR count). The number of rotatable bonds is 8. The van der Waals surface area contributed by atoms with Crippen molar-refractivity contribution in [1.29, 1.82) is 0 Å². The molecule has 1 aromatic carbocycles. The van der Waals surface area contributed by atoms with Crippen LogP contribution in [-0.4, -0.2) is 63.4 Å². The van der Waals surface area contributed by atoms with E-state index in [1.165, 1.54) is 0 Å². The topological polar surface area (TPSA) is 63.5 Å². The number of likely N-dealkylation sites (N-methyl/N-ethyl adjacent to an activating group) is 1. The minimum absolute atomic E-state index is 0.107. The van der Waals surface area contributed by atoms with Crippen molar-refractivity contribution in [2.24, 2.45) is 11.8 Å². The maximum Gasteiger partial charge on any atom is 0.227 e. The summed E-state index contributed by atoms with van der Waals surface area (Å²) in [6, 6.07) is 10.1. The molecule has 7 nitrogen and oxygen atoms in total. The molecule has 0 aliphatic carbocycles. The number of nitrogens with zero attached hydrogens (tertiary/aromatic N) is 5. The Hall–Kier alpha value is -2.67. The Labute approximate surface area is 171 Å². The molecule has 2 bridgehead atoms. The van der Waals surface area contributed by atoms with Gasteiger partial charge in [-0.25, -0.2) is 0 Å². The Morgan fingerprint density at radius 3 is 2.93 bits per heavy atom. The van der Waals surface area contributed by atoms with E-state index in [4.69, 9.17) is 4.74 Å². The van der Waals surface area contributed by atoms with Crippen LogP contribution in [0.4, 0.5) is 0 Å². The normalized spacial score (nSPS) is 25.6. The predicted octanol–water partition coefficient (Wildman–Crippen LogP) is 2.21. The van der Waals surface area contributed by atoms with Crippen molar-refractivity contribution < 1.29 is 9.53 Å². The fourth-order valence-electron chi connectivity index (χ4n) is 4.56. The van der Waals surface area contributed by atoms with E-state index in [9.17, 15) is 4.79 Å². The number of aromatic nitrogens is 3. The molecule has 3 saturated heterocycles. The first-order chi connectivity index (χ1) is 14.1. The number of piperidine rings is 3. The van der Waals surface area contributed by atoms with Gasteiger partial charge < -0.3 is 9.64 Å². The third-order valence-corrected chi connectivity index (χ3v) is 6.09. The summed E-state index contributed by atoms with van der Waals surface area (Å²) < 4.78 is 7.66. The zero-order valence-corrected chi connectivity index (χ0v) is 17.0. The SMILES string of the molecule is C=CCN(C)C(=O)[C@H]1CN2CC[C@@H]1C[C@@H]2Cn1cc(COc2ccccc2)nn1. The number of para-hydroxylation sites is 1. The van der Waals surface area contributed by atoms with E-state index in [0.717, 1.165) is 43.9 Å². The second-order valence-electron chi connectivity index (χ2n) is 8.08. The van der Waals surface area contributed by atoms with Gasteiger partial charge in [0.15, 0.2) is 0 Å². The first-order valence-electron chi connectivity index (χ1n) is 10.3. The summed E-state index contributed by atoms with van der Waals surface area (Å²) in [5.74, 6) is 1.64. The molecule has 1 unspecified atom stereocenters. The molecule has 7 heteroatoms. The molecule has 0 spiro atoms. The summed E-state index contributed by atoms with van der Waals surface area (Å²) in [7, 11) is 1.87. The lowest BCUT2D eigenvalue weighted by atomic mass is 9.75. The zero-order chi connectivity index (χ0) is 20.2. The van der Waals surface area contributed by atoms with E-state index in [-0.39, 0.29) is 11.8 Å². The van der Waals surface area contributed by atoms with E-state index in [1.807, 2.05) is 48.3 Å². The number of hydrogen-bond acceptors (Lipinski definition) is 5. The largest absolute Gasteiger partial charge is 0.487 e. The fraction of sp³-hybridized carbons (Fsp3) is 0.500. The van der Waals surface area contributed by atoms with E-state index in [0.29, 0.717) is 25.1 Å². The highest BCUT2D eigenvalue weighted by molar-refractivity contribution is 5.79. The van der Waals surface area contributed by atoms with Crippen LogP contribution in [0.5, 0.6) is 5.75 Å². The van der Waals surface area contributed by atoms with Crippen LogP contribution in [-0.2, 0) is 17.9 Å². The number of fused-ring (bicyclic) bond motifs is 3. The first-order valence-corrected chi connectivity index (χ1v) is 10.3. The number of hydrogen-bond donors (Lipinski definition) is 0. The van der Waals surface area contributed by atoms with Gasteiger partial charge in [-0.05, 0) is 37.4 Å². The highest BCUT2D eigenvalue weighted by Gasteiger charge is 2.43. The molecule has 29 heavy (non-hydrogen) atoms. The quantitative estimate of drug-likeness (QED) is 0.642. The molecule has 2 aromatic rings. The highest BCUT2D eigenvalue weighted by Crippen LogP contribution is 2.37. The molecular formula is C22H29N5O2. The van der Waals surface area contributed by atoms with Crippen LogP contribution in [0.2, 0.25) is 0 Å². The van der Waals surface area contributed by atoms with Crippen molar-refractivity contribution in [2.45, 2.75) is 32.0 Å². The first kappa shape index (κ1) is 19.6. The lowest BCUT2D eigenvalue weighted by Gasteiger charge is -2.49. The van der Waals surface area contributed by atoms with Crippen molar-refractivity contribution in [1.82, 2.24) is 24.8 Å². The summed E-state index contributed by atoms with van der Waals surface area (Å²) in [5, 5.41) is 8.53. The van der Waals surface area contributed by atoms with Gasteiger partial charge >= 0.3 is 0 Å². The molecule has 4 atom stereocenters. The highest BCUT2D eigenvalue weighted by atomic mass is 16.5. The van der Waals surface area contributed by atoms with Crippen molar-refractivity contribution in [3.63, 3.8) is 0 Å². The molecule has 3 fully saturated rings. The third-order valence-electron chi connectivity index (χ3n) is 6.09. The monoisotopic (exact) mass is 395 g/mol. The minimum atomic E-state index is 0.107. The van der Waals surface area contributed by atoms with Gasteiger partial charge in [-0.15, -0.1) is 11.7 Å². The van der Waals surface area contributed by atoms with Gasteiger partial charge in [-0.1, -0.05) is 29.5 Å². The molecule has 0 radical (unpaired) electrons. The summed E-state index contributed by atoms with van der Waals surface area (Å²) >= 11 is 0. The Morgan fingerprint density at radius 1 is 1.38 bits per heavy atom. The van der Waals surface area contributed by atoms with Crippen molar-refractivity contribution in [2.75, 3.05) is 26.7 Å². The second kappa shape index (κ2) is 8.78. The maximum absolute atomic E-state index is 12.7. The maximum atomic E-state index is 12.7. The van der Waals surface area contributed by atoms with Crippen molar-refractivity contribution in [3.8, 4) is 5.75 Å². The van der Waals surface area contributed by atoms with E-state index >= 15 is 0 Å². The van der Waals surface area contributed by atoms with Crippen LogP contribution in [0.3, 0.4) is 0 Å². The summed E-state index contributed by atoms with van der Waals surface area (Å²) in [6.45, 7) is 7.46. The molecule has 154 valence electrons. The summed E-state index contributed by atoms with van der Waals surface area (Å²) in [6.07, 6.45) is 5.88. The molecule has 1 aromatic heterocycles. The Morgan fingerprint density at radius 2 is 2.21 bits per heavy atom. The number of ether oxygens (including phenoxy) is 1. The van der Waals surface area contributed by atoms with Gasteiger partial charge in [-0.3, -0.25) is 14.4 Å². The molecular weight excluding hydrogens is 366 g/mol. The lowest BCUT2D eigenvalue weighted by molar-refractivity contribution is -0.142. The van der Waals surface area contributed by atoms with Crippen LogP contribution in [0.25, 0.3) is 0 Å². The number of amides is 1. The van der Waals surface area contributed by atoms with Gasteiger partial charge in [0, 0.05) is 26.2 Å². The van der Waals surface area contributed by atoms with Gasteiger partial charge in [-0.2, -0.15) is 0 Å². The average molecular weight is 396 g/mol. The van der Waals surface area contributed by atoms with Gasteiger partial charge in [0.25, 0.3) is 0 Å². The molecule has 1 amide bonds. The standard InChI is InChI=1S/C22H29N5O2/c1-3-10-25(2)22(28)21-15-26-11-9-17(21)12-19(26)14-27-13-18(23-24-27)16-29-20-7-5-4-6-8-20/h3-8,13,17,19,21H,1,9-12,14-16H2,2H3/t17-,19-,21+/m1/s1. The number of carbonyl (C=O) groups is 1. The van der Waals surface area contributed by atoms with Gasteiger partial charge in [0.2, 0.25) is 5.91 Å². The fourth-order valence-corrected chi connectivity index (χ4v) is 4.56. The summed E-state index contributed by atoms with van der Waals surface area (Å²) in [5.41, 5.74) is 0.823. The van der Waals surface area contributed by atoms with Gasteiger partial charge in [0.1, 0.15) is 18.1 Å². The molecule has 4 heterocycles. The smallest absolute Gasteiger partial charge is 0.227 e. The molecule has 0 saturated carbocycles. The van der Waals surface area contributed by atoms with Crippen LogP contribution in [0.1, 0.15) is 18.5 Å².